The van der Waals surface area contributed by atoms with Crippen LogP contribution in [-0.2, 0) is 9.53 Å². The van der Waals surface area contributed by atoms with Crippen LogP contribution >= 0.6 is 11.8 Å². The summed E-state index contributed by atoms with van der Waals surface area (Å²) >= 11 is -0.336. The van der Waals surface area contributed by atoms with E-state index in [1.165, 1.54) is 0 Å². The second-order valence-corrected chi connectivity index (χ2v) is 5.78. The molecule has 9 heteroatoms. The zero-order valence-electron chi connectivity index (χ0n) is 10.7. The molecule has 0 heterocycles. The van der Waals surface area contributed by atoms with Gasteiger partial charge in [-0.25, -0.2) is 9.59 Å². The van der Waals surface area contributed by atoms with Crippen LogP contribution in [-0.4, -0.2) is 40.1 Å². The van der Waals surface area contributed by atoms with E-state index in [4.69, 9.17) is 9.84 Å². The highest BCUT2D eigenvalue weighted by Gasteiger charge is 2.30. The van der Waals surface area contributed by atoms with Gasteiger partial charge in [-0.1, -0.05) is 11.8 Å². The van der Waals surface area contributed by atoms with Crippen molar-refractivity contribution in [1.29, 1.82) is 0 Å². The molecule has 5 nitrogen and oxygen atoms in total. The number of thioether (sulfide) groups is 1. The fourth-order valence-corrected chi connectivity index (χ4v) is 1.58. The number of rotatable bonds is 5. The van der Waals surface area contributed by atoms with Crippen molar-refractivity contribution in [2.24, 2.45) is 0 Å². The van der Waals surface area contributed by atoms with E-state index in [1.807, 2.05) is 5.32 Å². The Morgan fingerprint density at radius 3 is 2.21 bits per heavy atom. The maximum Gasteiger partial charge on any atom is 0.441 e. The first-order valence-corrected chi connectivity index (χ1v) is 6.32. The normalized spacial score (nSPS) is 13.8. The highest BCUT2D eigenvalue weighted by atomic mass is 32.2. The molecule has 0 aliphatic carbocycles. The number of halogens is 3. The molecule has 0 aliphatic heterocycles. The molecule has 0 saturated heterocycles. The molecule has 0 saturated carbocycles. The highest BCUT2D eigenvalue weighted by Crippen LogP contribution is 2.30. The average molecular weight is 303 g/mol. The molecule has 2 N–H and O–H groups in total. The Morgan fingerprint density at radius 2 is 1.84 bits per heavy atom. The minimum Gasteiger partial charge on any atom is -0.480 e. The summed E-state index contributed by atoms with van der Waals surface area (Å²) in [7, 11) is 0. The topological polar surface area (TPSA) is 75.6 Å². The molecule has 0 aromatic rings. The van der Waals surface area contributed by atoms with Gasteiger partial charge in [0.15, 0.2) is 0 Å². The third kappa shape index (κ3) is 10.5. The molecule has 0 radical (unpaired) electrons. The first kappa shape index (κ1) is 17.9. The SMILES string of the molecule is CC(C)(C)OC(=O)NC(CCSC(F)(F)F)C(=O)O. The van der Waals surface area contributed by atoms with Gasteiger partial charge in [0, 0.05) is 5.75 Å². The van der Waals surface area contributed by atoms with Gasteiger partial charge < -0.3 is 15.2 Å². The summed E-state index contributed by atoms with van der Waals surface area (Å²) in [6, 6.07) is -1.41. The lowest BCUT2D eigenvalue weighted by Gasteiger charge is -2.22. The second-order valence-electron chi connectivity index (χ2n) is 4.62. The second kappa shape index (κ2) is 6.88. The number of carbonyl (C=O) groups excluding carboxylic acids is 1. The highest BCUT2D eigenvalue weighted by molar-refractivity contribution is 8.00. The van der Waals surface area contributed by atoms with Gasteiger partial charge in [0.1, 0.15) is 11.6 Å². The number of carbonyl (C=O) groups is 2. The standard InChI is InChI=1S/C10H16F3NO4S/c1-9(2,3)18-8(17)14-6(7(15)16)4-5-19-10(11,12)13/h6H,4-5H2,1-3H3,(H,14,17)(H,15,16). The molecule has 1 atom stereocenters. The number of carboxylic acids is 1. The lowest BCUT2D eigenvalue weighted by atomic mass is 10.2. The predicted octanol–water partition coefficient (Wildman–Crippen LogP) is 2.61. The van der Waals surface area contributed by atoms with Crippen LogP contribution in [0.25, 0.3) is 0 Å². The number of alkyl carbamates (subject to hydrolysis) is 1. The molecule has 0 rings (SSSR count). The summed E-state index contributed by atoms with van der Waals surface area (Å²) in [6.45, 7) is 4.76. The van der Waals surface area contributed by atoms with Crippen LogP contribution in [0.1, 0.15) is 27.2 Å². The Hall–Kier alpha value is -1.12. The van der Waals surface area contributed by atoms with Crippen molar-refractivity contribution in [2.45, 2.75) is 44.3 Å². The molecule has 0 fully saturated rings. The number of aliphatic carboxylic acids is 1. The van der Waals surface area contributed by atoms with Crippen LogP contribution in [0.15, 0.2) is 0 Å². The number of alkyl halides is 3. The van der Waals surface area contributed by atoms with Crippen molar-refractivity contribution in [3.63, 3.8) is 0 Å². The molecule has 0 aliphatic rings. The molecule has 19 heavy (non-hydrogen) atoms. The van der Waals surface area contributed by atoms with Gasteiger partial charge >= 0.3 is 17.6 Å². The van der Waals surface area contributed by atoms with E-state index in [0.717, 1.165) is 0 Å². The zero-order valence-corrected chi connectivity index (χ0v) is 11.5. The summed E-state index contributed by atoms with van der Waals surface area (Å²) < 4.78 is 40.5. The van der Waals surface area contributed by atoms with Gasteiger partial charge in [0.05, 0.1) is 0 Å². The van der Waals surface area contributed by atoms with Gasteiger partial charge in [0.2, 0.25) is 0 Å². The van der Waals surface area contributed by atoms with Crippen LogP contribution in [0.5, 0.6) is 0 Å². The lowest BCUT2D eigenvalue weighted by Crippen LogP contribution is -2.43. The van der Waals surface area contributed by atoms with Crippen LogP contribution in [0.3, 0.4) is 0 Å². The third-order valence-corrected chi connectivity index (χ3v) is 2.43. The lowest BCUT2D eigenvalue weighted by molar-refractivity contribution is -0.139. The van der Waals surface area contributed by atoms with E-state index in [1.54, 1.807) is 20.8 Å². The Balaban J connectivity index is 4.28. The van der Waals surface area contributed by atoms with Gasteiger partial charge in [-0.15, -0.1) is 0 Å². The van der Waals surface area contributed by atoms with Crippen LogP contribution in [0.4, 0.5) is 18.0 Å². The maximum absolute atomic E-state index is 11.9. The summed E-state index contributed by atoms with van der Waals surface area (Å²) in [5.74, 6) is -1.87. The monoisotopic (exact) mass is 303 g/mol. The number of nitrogens with one attached hydrogen (secondary N) is 1. The Bertz CT molecular complexity index is 328. The van der Waals surface area contributed by atoms with Gasteiger partial charge in [-0.05, 0) is 27.2 Å². The Labute approximate surface area is 112 Å². The molecule has 0 aromatic carbocycles. The van der Waals surface area contributed by atoms with Crippen molar-refractivity contribution < 1.29 is 32.6 Å². The zero-order chi connectivity index (χ0) is 15.3. The predicted molar refractivity (Wildman–Crippen MR) is 63.9 cm³/mol. The van der Waals surface area contributed by atoms with Crippen molar-refractivity contribution >= 4 is 23.8 Å². The van der Waals surface area contributed by atoms with Crippen molar-refractivity contribution in [3.8, 4) is 0 Å². The largest absolute Gasteiger partial charge is 0.480 e. The maximum atomic E-state index is 11.9. The Morgan fingerprint density at radius 1 is 1.32 bits per heavy atom. The molecule has 1 unspecified atom stereocenters. The van der Waals surface area contributed by atoms with Gasteiger partial charge in [-0.2, -0.15) is 13.2 Å². The van der Waals surface area contributed by atoms with Crippen molar-refractivity contribution in [1.82, 2.24) is 5.32 Å². The summed E-state index contributed by atoms with van der Waals surface area (Å²) in [5, 5.41) is 10.8. The molecule has 112 valence electrons. The Kier molecular flexibility index (Phi) is 6.47. The first-order chi connectivity index (χ1) is 8.41. The van der Waals surface area contributed by atoms with Crippen LogP contribution in [0, 0.1) is 0 Å². The van der Waals surface area contributed by atoms with Crippen LogP contribution < -0.4 is 5.32 Å². The van der Waals surface area contributed by atoms with E-state index in [-0.39, 0.29) is 18.2 Å². The smallest absolute Gasteiger partial charge is 0.441 e. The summed E-state index contributed by atoms with van der Waals surface area (Å²) in [6.07, 6.45) is -1.32. The molecular formula is C10H16F3NO4S. The fourth-order valence-electron chi connectivity index (χ4n) is 1.000. The third-order valence-electron chi connectivity index (χ3n) is 1.66. The number of hydrogen-bond acceptors (Lipinski definition) is 4. The number of carboxylic acid groups (broad SMARTS) is 1. The van der Waals surface area contributed by atoms with E-state index >= 15 is 0 Å². The van der Waals surface area contributed by atoms with Gasteiger partial charge in [-0.3, -0.25) is 0 Å². The van der Waals surface area contributed by atoms with E-state index in [2.05, 4.69) is 0 Å². The molecular weight excluding hydrogens is 287 g/mol. The first-order valence-electron chi connectivity index (χ1n) is 5.34. The van der Waals surface area contributed by atoms with E-state index in [9.17, 15) is 22.8 Å². The van der Waals surface area contributed by atoms with E-state index in [0.29, 0.717) is 0 Å². The van der Waals surface area contributed by atoms with Crippen molar-refractivity contribution in [2.75, 3.05) is 5.75 Å². The number of amides is 1. The van der Waals surface area contributed by atoms with Crippen LogP contribution in [0.2, 0.25) is 0 Å². The summed E-state index contributed by atoms with van der Waals surface area (Å²) in [4.78, 5) is 22.1. The minimum atomic E-state index is -4.42. The number of hydrogen-bond donors (Lipinski definition) is 2. The molecule has 0 spiro atoms. The quantitative estimate of drug-likeness (QED) is 0.816. The molecule has 0 aromatic heterocycles. The van der Waals surface area contributed by atoms with E-state index < -0.39 is 35.0 Å². The number of ether oxygens (including phenoxy) is 1. The van der Waals surface area contributed by atoms with Crippen molar-refractivity contribution in [3.05, 3.63) is 0 Å². The summed E-state index contributed by atoms with van der Waals surface area (Å²) in [5.41, 5.74) is -5.23. The molecule has 0 bridgehead atoms. The molecule has 1 amide bonds. The fraction of sp³-hybridized carbons (Fsp3) is 0.800. The van der Waals surface area contributed by atoms with Gasteiger partial charge in [0.25, 0.3) is 0 Å². The average Bonchev–Trinajstić information content (AvgIpc) is 2.10. The minimum absolute atomic E-state index is 0.336.